The number of anilines is 2. The molecule has 3 aliphatic rings. The molecule has 3 aliphatic heterocycles. The van der Waals surface area contributed by atoms with Gasteiger partial charge in [0.05, 0.1) is 31.6 Å². The summed E-state index contributed by atoms with van der Waals surface area (Å²) >= 11 is 0. The number of piperidine rings is 1. The molecule has 0 amide bonds. The summed E-state index contributed by atoms with van der Waals surface area (Å²) in [5.74, 6) is 1.01. The van der Waals surface area contributed by atoms with Crippen LogP contribution in [0, 0.1) is 0 Å². The Hall–Kier alpha value is -2.51. The van der Waals surface area contributed by atoms with Crippen molar-refractivity contribution in [3.63, 3.8) is 0 Å². The largest absolute Gasteiger partial charge is 0.381 e. The van der Waals surface area contributed by atoms with Crippen molar-refractivity contribution < 1.29 is 9.47 Å². The van der Waals surface area contributed by atoms with E-state index in [4.69, 9.17) is 19.4 Å². The van der Waals surface area contributed by atoms with Crippen molar-refractivity contribution in [2.45, 2.75) is 18.9 Å². The number of allylic oxidation sites excluding steroid dienone is 1. The van der Waals surface area contributed by atoms with E-state index in [0.717, 1.165) is 80.2 Å². The van der Waals surface area contributed by atoms with Crippen LogP contribution < -0.4 is 9.80 Å². The third-order valence-electron chi connectivity index (χ3n) is 6.09. The molecule has 2 saturated heterocycles. The third-order valence-corrected chi connectivity index (χ3v) is 6.09. The number of nitrogens with zero attached hydrogens (tertiary/aromatic N) is 5. The normalized spacial score (nSPS) is 20.5. The van der Waals surface area contributed by atoms with Crippen molar-refractivity contribution in [1.82, 2.24) is 9.97 Å². The highest BCUT2D eigenvalue weighted by atomic mass is 16.5. The molecule has 152 valence electrons. The van der Waals surface area contributed by atoms with Crippen molar-refractivity contribution in [1.29, 1.82) is 0 Å². The molecule has 0 aromatic carbocycles. The van der Waals surface area contributed by atoms with Gasteiger partial charge in [-0.1, -0.05) is 0 Å². The molecule has 2 aromatic rings. The monoisotopic (exact) mass is 393 g/mol. The summed E-state index contributed by atoms with van der Waals surface area (Å²) in [6, 6.07) is 4.35. The highest BCUT2D eigenvalue weighted by Gasteiger charge is 2.24. The zero-order valence-electron chi connectivity index (χ0n) is 16.9. The van der Waals surface area contributed by atoms with E-state index >= 15 is 0 Å². The van der Waals surface area contributed by atoms with Crippen LogP contribution in [0.25, 0.3) is 16.5 Å². The van der Waals surface area contributed by atoms with Crippen molar-refractivity contribution in [2.24, 2.45) is 4.99 Å². The maximum absolute atomic E-state index is 5.58. The molecule has 0 aliphatic carbocycles. The maximum Gasteiger partial charge on any atom is 0.131 e. The van der Waals surface area contributed by atoms with E-state index in [0.29, 0.717) is 12.6 Å². The van der Waals surface area contributed by atoms with Gasteiger partial charge in [-0.2, -0.15) is 0 Å². The smallest absolute Gasteiger partial charge is 0.131 e. The van der Waals surface area contributed by atoms with Gasteiger partial charge in [-0.15, -0.1) is 0 Å². The second-order valence-corrected chi connectivity index (χ2v) is 7.76. The number of fused-ring (bicyclic) bond motifs is 1. The summed E-state index contributed by atoms with van der Waals surface area (Å²) < 4.78 is 11.1. The van der Waals surface area contributed by atoms with Crippen LogP contribution in [0.5, 0.6) is 0 Å². The SMILES string of the molecule is COC1CCN(c2cc(N3CCOCC3)nc3c(C4=CC=NC4)nccc23)CC1. The highest BCUT2D eigenvalue weighted by molar-refractivity contribution is 6.01. The Morgan fingerprint density at radius 3 is 2.66 bits per heavy atom. The molecule has 0 radical (unpaired) electrons. The maximum atomic E-state index is 5.58. The van der Waals surface area contributed by atoms with Crippen molar-refractivity contribution in [3.8, 4) is 0 Å². The van der Waals surface area contributed by atoms with Gasteiger partial charge < -0.3 is 19.3 Å². The average Bonchev–Trinajstić information content (AvgIpc) is 3.33. The first-order valence-corrected chi connectivity index (χ1v) is 10.4. The van der Waals surface area contributed by atoms with E-state index in [1.165, 1.54) is 5.69 Å². The minimum atomic E-state index is 0.357. The first kappa shape index (κ1) is 18.5. The van der Waals surface area contributed by atoms with E-state index in [1.54, 1.807) is 0 Å². The molecular weight excluding hydrogens is 366 g/mol. The van der Waals surface area contributed by atoms with Gasteiger partial charge in [0.25, 0.3) is 0 Å². The molecule has 5 heterocycles. The average molecular weight is 393 g/mol. The van der Waals surface area contributed by atoms with Crippen LogP contribution in [0.15, 0.2) is 29.4 Å². The number of aromatic nitrogens is 2. The van der Waals surface area contributed by atoms with Crippen LogP contribution in [0.4, 0.5) is 11.5 Å². The topological polar surface area (TPSA) is 63.1 Å². The third kappa shape index (κ3) is 3.60. The van der Waals surface area contributed by atoms with Gasteiger partial charge in [0.15, 0.2) is 0 Å². The predicted molar refractivity (Wildman–Crippen MR) is 116 cm³/mol. The number of hydrogen-bond acceptors (Lipinski definition) is 7. The minimum Gasteiger partial charge on any atom is -0.381 e. The summed E-state index contributed by atoms with van der Waals surface area (Å²) in [5, 5.41) is 1.16. The van der Waals surface area contributed by atoms with E-state index in [2.05, 4.69) is 33.0 Å². The summed E-state index contributed by atoms with van der Waals surface area (Å²) in [6.07, 6.45) is 8.26. The van der Waals surface area contributed by atoms with E-state index in [-0.39, 0.29) is 0 Å². The first-order chi connectivity index (χ1) is 14.3. The number of methoxy groups -OCH3 is 1. The molecule has 29 heavy (non-hydrogen) atoms. The van der Waals surface area contributed by atoms with Crippen LogP contribution >= 0.6 is 0 Å². The predicted octanol–water partition coefficient (Wildman–Crippen LogP) is 2.55. The molecule has 0 N–H and O–H groups in total. The van der Waals surface area contributed by atoms with Gasteiger partial charge in [-0.3, -0.25) is 9.98 Å². The Labute approximate surface area is 171 Å². The van der Waals surface area contributed by atoms with Crippen LogP contribution in [-0.2, 0) is 9.47 Å². The van der Waals surface area contributed by atoms with Crippen LogP contribution in [0.3, 0.4) is 0 Å². The zero-order valence-corrected chi connectivity index (χ0v) is 16.9. The second kappa shape index (κ2) is 8.08. The van der Waals surface area contributed by atoms with E-state index in [9.17, 15) is 0 Å². The molecule has 2 fully saturated rings. The van der Waals surface area contributed by atoms with Gasteiger partial charge >= 0.3 is 0 Å². The summed E-state index contributed by atoms with van der Waals surface area (Å²) in [4.78, 5) is 18.9. The fourth-order valence-corrected chi connectivity index (χ4v) is 4.40. The Morgan fingerprint density at radius 1 is 1.10 bits per heavy atom. The molecule has 0 unspecified atom stereocenters. The fourth-order valence-electron chi connectivity index (χ4n) is 4.40. The lowest BCUT2D eigenvalue weighted by Crippen LogP contribution is -2.38. The lowest BCUT2D eigenvalue weighted by atomic mass is 10.0. The van der Waals surface area contributed by atoms with Gasteiger partial charge in [0.2, 0.25) is 0 Å². The summed E-state index contributed by atoms with van der Waals surface area (Å²) in [5.41, 5.74) is 4.29. The summed E-state index contributed by atoms with van der Waals surface area (Å²) in [6.45, 7) is 5.87. The molecule has 0 bridgehead atoms. The van der Waals surface area contributed by atoms with Crippen molar-refractivity contribution >= 4 is 34.2 Å². The van der Waals surface area contributed by atoms with E-state index < -0.39 is 0 Å². The zero-order chi connectivity index (χ0) is 19.6. The Morgan fingerprint density at radius 2 is 1.93 bits per heavy atom. The second-order valence-electron chi connectivity index (χ2n) is 7.76. The number of pyridine rings is 2. The molecule has 7 heteroatoms. The van der Waals surface area contributed by atoms with Gasteiger partial charge in [0.1, 0.15) is 11.3 Å². The highest BCUT2D eigenvalue weighted by Crippen LogP contribution is 2.35. The van der Waals surface area contributed by atoms with Gasteiger partial charge in [-0.05, 0) is 25.0 Å². The van der Waals surface area contributed by atoms with Gasteiger partial charge in [-0.25, -0.2) is 4.98 Å². The Balaban J connectivity index is 1.61. The standard InChI is InChI=1S/C22H27N5O2/c1-28-17-4-8-26(9-5-17)19-14-20(27-10-12-29-13-11-27)25-22-18(19)3-7-24-21(22)16-2-6-23-15-16/h2-3,6-7,14,17H,4-5,8-13,15H2,1H3. The number of morpholine rings is 1. The molecule has 0 atom stereocenters. The van der Waals surface area contributed by atoms with Crippen molar-refractivity contribution in [3.05, 3.63) is 30.1 Å². The lowest BCUT2D eigenvalue weighted by Gasteiger charge is -2.35. The molecule has 5 rings (SSSR count). The van der Waals surface area contributed by atoms with E-state index in [1.807, 2.05) is 19.5 Å². The van der Waals surface area contributed by atoms with Crippen LogP contribution in [-0.4, -0.2) is 75.3 Å². The van der Waals surface area contributed by atoms with Gasteiger partial charge in [0, 0.05) is 68.4 Å². The molecule has 2 aromatic heterocycles. The Bertz CT molecular complexity index is 944. The fraction of sp³-hybridized carbons (Fsp3) is 0.500. The number of aliphatic imine (C=N–C) groups is 1. The van der Waals surface area contributed by atoms with Crippen molar-refractivity contribution in [2.75, 3.05) is 62.8 Å². The van der Waals surface area contributed by atoms with Crippen LogP contribution in [0.1, 0.15) is 18.5 Å². The molecule has 7 nitrogen and oxygen atoms in total. The molecular formula is C22H27N5O2. The number of hydrogen-bond donors (Lipinski definition) is 0. The first-order valence-electron chi connectivity index (χ1n) is 10.4. The molecule has 0 saturated carbocycles. The quantitative estimate of drug-likeness (QED) is 0.796. The minimum absolute atomic E-state index is 0.357. The number of ether oxygens (including phenoxy) is 2. The number of rotatable bonds is 4. The lowest BCUT2D eigenvalue weighted by molar-refractivity contribution is 0.0819. The van der Waals surface area contributed by atoms with Crippen LogP contribution in [0.2, 0.25) is 0 Å². The Kier molecular flexibility index (Phi) is 5.16. The molecule has 0 spiro atoms. The summed E-state index contributed by atoms with van der Waals surface area (Å²) in [7, 11) is 1.81.